The van der Waals surface area contributed by atoms with Gasteiger partial charge in [-0.05, 0) is 49.1 Å². The number of carbonyl (C=O) groups excluding carboxylic acids is 2. The molecule has 1 aliphatic heterocycles. The number of aromatic nitrogens is 2. The molecule has 6 heteroatoms. The van der Waals surface area contributed by atoms with Crippen molar-refractivity contribution in [2.45, 2.75) is 26.3 Å². The third-order valence-electron chi connectivity index (χ3n) is 6.46. The quantitative estimate of drug-likeness (QED) is 0.314. The van der Waals surface area contributed by atoms with Crippen molar-refractivity contribution in [2.24, 2.45) is 5.92 Å². The van der Waals surface area contributed by atoms with Gasteiger partial charge in [-0.1, -0.05) is 66.7 Å². The fraction of sp³-hybridized carbons (Fsp3) is 0.250. The highest BCUT2D eigenvalue weighted by molar-refractivity contribution is 6.08. The maximum Gasteiger partial charge on any atom is 0.321 e. The first-order valence-corrected chi connectivity index (χ1v) is 11.6. The average Bonchev–Trinajstić information content (AvgIpc) is 3.23. The van der Waals surface area contributed by atoms with Gasteiger partial charge in [0.05, 0.1) is 23.7 Å². The summed E-state index contributed by atoms with van der Waals surface area (Å²) in [7, 11) is 0. The standard InChI is InChI=1S/C28H27N3O3/c1-3-34-27(33)24-25(21-14-8-7-11-19(21)2)31-23-16-10-9-15-22(23)29-28(31)30(26(24)32)18-17-20-12-5-4-6-13-20/h4-16,24-25H,3,17-18H2,1-2H3/t24-,25+/m1/s1. The van der Waals surface area contributed by atoms with Gasteiger partial charge < -0.3 is 9.30 Å². The van der Waals surface area contributed by atoms with Gasteiger partial charge in [-0.25, -0.2) is 4.98 Å². The molecule has 0 radical (unpaired) electrons. The van der Waals surface area contributed by atoms with E-state index in [9.17, 15) is 9.59 Å². The van der Waals surface area contributed by atoms with E-state index in [1.165, 1.54) is 0 Å². The van der Waals surface area contributed by atoms with Crippen LogP contribution in [0.2, 0.25) is 0 Å². The molecule has 0 spiro atoms. The Morgan fingerprint density at radius 3 is 2.44 bits per heavy atom. The molecule has 3 aromatic carbocycles. The summed E-state index contributed by atoms with van der Waals surface area (Å²) in [5, 5.41) is 0. The average molecular weight is 454 g/mol. The van der Waals surface area contributed by atoms with Crippen molar-refractivity contribution in [2.75, 3.05) is 18.1 Å². The minimum Gasteiger partial charge on any atom is -0.465 e. The molecule has 5 rings (SSSR count). The predicted octanol–water partition coefficient (Wildman–Crippen LogP) is 4.70. The highest BCUT2D eigenvalue weighted by Crippen LogP contribution is 2.42. The van der Waals surface area contributed by atoms with E-state index in [0.717, 1.165) is 27.7 Å². The molecule has 2 heterocycles. The molecule has 4 aromatic rings. The SMILES string of the molecule is CCOC(=O)[C@H]1C(=O)N(CCc2ccccc2)c2nc3ccccc3n2[C@H]1c1ccccc1C. The molecule has 2 atom stereocenters. The van der Waals surface area contributed by atoms with Crippen molar-refractivity contribution < 1.29 is 14.3 Å². The molecule has 1 aliphatic rings. The summed E-state index contributed by atoms with van der Waals surface area (Å²) < 4.78 is 7.49. The fourth-order valence-corrected chi connectivity index (χ4v) is 4.84. The van der Waals surface area contributed by atoms with Crippen molar-refractivity contribution in [3.63, 3.8) is 0 Å². The largest absolute Gasteiger partial charge is 0.465 e. The summed E-state index contributed by atoms with van der Waals surface area (Å²) in [6.07, 6.45) is 0.653. The van der Waals surface area contributed by atoms with Gasteiger partial charge in [-0.2, -0.15) is 0 Å². The Labute approximate surface area is 198 Å². The minimum absolute atomic E-state index is 0.213. The van der Waals surface area contributed by atoms with Crippen LogP contribution >= 0.6 is 0 Å². The molecule has 0 bridgehead atoms. The smallest absolute Gasteiger partial charge is 0.321 e. The van der Waals surface area contributed by atoms with E-state index in [0.29, 0.717) is 18.9 Å². The van der Waals surface area contributed by atoms with E-state index in [4.69, 9.17) is 9.72 Å². The number of anilines is 1. The van der Waals surface area contributed by atoms with Crippen LogP contribution in [0, 0.1) is 12.8 Å². The summed E-state index contributed by atoms with van der Waals surface area (Å²) in [5.74, 6) is -1.21. The van der Waals surface area contributed by atoms with Crippen LogP contribution in [0.4, 0.5) is 5.95 Å². The van der Waals surface area contributed by atoms with Gasteiger partial charge in [0.25, 0.3) is 0 Å². The van der Waals surface area contributed by atoms with Crippen molar-refractivity contribution in [1.82, 2.24) is 9.55 Å². The monoisotopic (exact) mass is 453 g/mol. The first-order valence-electron chi connectivity index (χ1n) is 11.6. The summed E-state index contributed by atoms with van der Waals surface area (Å²) in [6, 6.07) is 25.2. The lowest BCUT2D eigenvalue weighted by atomic mass is 9.87. The maximum absolute atomic E-state index is 14.0. The zero-order valence-corrected chi connectivity index (χ0v) is 19.3. The number of hydrogen-bond acceptors (Lipinski definition) is 4. The molecule has 0 N–H and O–H groups in total. The summed E-state index contributed by atoms with van der Waals surface area (Å²) in [4.78, 5) is 33.8. The number of carbonyl (C=O) groups is 2. The third kappa shape index (κ3) is 3.75. The van der Waals surface area contributed by atoms with Gasteiger partial charge in [0.2, 0.25) is 11.9 Å². The van der Waals surface area contributed by atoms with Crippen molar-refractivity contribution in [1.29, 1.82) is 0 Å². The van der Waals surface area contributed by atoms with Crippen LogP contribution in [0.5, 0.6) is 0 Å². The maximum atomic E-state index is 14.0. The molecular formula is C28H27N3O3. The molecular weight excluding hydrogens is 426 g/mol. The van der Waals surface area contributed by atoms with Crippen molar-refractivity contribution in [3.05, 3.63) is 95.6 Å². The lowest BCUT2D eigenvalue weighted by molar-refractivity contribution is -0.153. The number of benzene rings is 3. The van der Waals surface area contributed by atoms with Crippen LogP contribution in [0.3, 0.4) is 0 Å². The van der Waals surface area contributed by atoms with Crippen LogP contribution < -0.4 is 4.90 Å². The molecule has 1 amide bonds. The first-order chi connectivity index (χ1) is 16.6. The first kappa shape index (κ1) is 21.9. The molecule has 1 aromatic heterocycles. The zero-order chi connectivity index (χ0) is 23.7. The normalized spacial score (nSPS) is 17.6. The second-order valence-electron chi connectivity index (χ2n) is 8.53. The van der Waals surface area contributed by atoms with Crippen molar-refractivity contribution >= 4 is 28.9 Å². The zero-order valence-electron chi connectivity index (χ0n) is 19.3. The van der Waals surface area contributed by atoms with Crippen LogP contribution in [0.1, 0.15) is 29.7 Å². The number of fused-ring (bicyclic) bond motifs is 3. The van der Waals surface area contributed by atoms with Gasteiger partial charge in [0.15, 0.2) is 5.92 Å². The Morgan fingerprint density at radius 1 is 0.971 bits per heavy atom. The molecule has 0 fully saturated rings. The van der Waals surface area contributed by atoms with Crippen LogP contribution in [-0.2, 0) is 20.7 Å². The van der Waals surface area contributed by atoms with E-state index in [-0.39, 0.29) is 12.5 Å². The van der Waals surface area contributed by atoms with Crippen LogP contribution in [0.25, 0.3) is 11.0 Å². The number of para-hydroxylation sites is 2. The van der Waals surface area contributed by atoms with Crippen LogP contribution in [-0.4, -0.2) is 34.6 Å². The number of rotatable bonds is 6. The lowest BCUT2D eigenvalue weighted by Crippen LogP contribution is -2.50. The predicted molar refractivity (Wildman–Crippen MR) is 132 cm³/mol. The number of esters is 1. The summed E-state index contributed by atoms with van der Waals surface area (Å²) in [6.45, 7) is 4.40. The molecule has 172 valence electrons. The Morgan fingerprint density at radius 2 is 1.68 bits per heavy atom. The highest BCUT2D eigenvalue weighted by Gasteiger charge is 2.48. The second kappa shape index (κ2) is 9.14. The van der Waals surface area contributed by atoms with Gasteiger partial charge in [-0.15, -0.1) is 0 Å². The number of ether oxygens (including phenoxy) is 1. The number of nitrogens with zero attached hydrogens (tertiary/aromatic N) is 3. The van der Waals surface area contributed by atoms with Gasteiger partial charge >= 0.3 is 5.97 Å². The Hall–Kier alpha value is -3.93. The molecule has 0 saturated carbocycles. The Balaban J connectivity index is 1.70. The third-order valence-corrected chi connectivity index (χ3v) is 6.46. The lowest BCUT2D eigenvalue weighted by Gasteiger charge is -2.38. The summed E-state index contributed by atoms with van der Waals surface area (Å²) >= 11 is 0. The second-order valence-corrected chi connectivity index (χ2v) is 8.53. The van der Waals surface area contributed by atoms with Crippen molar-refractivity contribution in [3.8, 4) is 0 Å². The van der Waals surface area contributed by atoms with E-state index in [2.05, 4.69) is 0 Å². The van der Waals surface area contributed by atoms with E-state index < -0.39 is 17.9 Å². The number of aryl methyl sites for hydroxylation is 1. The molecule has 34 heavy (non-hydrogen) atoms. The summed E-state index contributed by atoms with van der Waals surface area (Å²) in [5.41, 5.74) is 4.72. The van der Waals surface area contributed by atoms with Crippen LogP contribution in [0.15, 0.2) is 78.9 Å². The molecule has 0 saturated heterocycles. The van der Waals surface area contributed by atoms with Gasteiger partial charge in [-0.3, -0.25) is 14.5 Å². The van der Waals surface area contributed by atoms with E-state index in [1.807, 2.05) is 90.4 Å². The Kier molecular flexibility index (Phi) is 5.88. The number of amides is 1. The van der Waals surface area contributed by atoms with Gasteiger partial charge in [0, 0.05) is 6.54 Å². The highest BCUT2D eigenvalue weighted by atomic mass is 16.5. The minimum atomic E-state index is -0.998. The molecule has 0 unspecified atom stereocenters. The fourth-order valence-electron chi connectivity index (χ4n) is 4.84. The number of imidazole rings is 1. The molecule has 0 aliphatic carbocycles. The topological polar surface area (TPSA) is 64.4 Å². The number of hydrogen-bond donors (Lipinski definition) is 0. The van der Waals surface area contributed by atoms with Gasteiger partial charge in [0.1, 0.15) is 0 Å². The Bertz CT molecular complexity index is 1350. The van der Waals surface area contributed by atoms with E-state index in [1.54, 1.807) is 11.8 Å². The van der Waals surface area contributed by atoms with E-state index >= 15 is 0 Å². The molecule has 6 nitrogen and oxygen atoms in total.